The molecular formula is C14H16BrNO2. The van der Waals surface area contributed by atoms with Gasteiger partial charge in [-0.3, -0.25) is 4.90 Å². The number of hydrogen-bond donors (Lipinski definition) is 0. The van der Waals surface area contributed by atoms with Crippen LogP contribution >= 0.6 is 15.9 Å². The highest BCUT2D eigenvalue weighted by molar-refractivity contribution is 9.10. The van der Waals surface area contributed by atoms with Crippen LogP contribution in [0.25, 0.3) is 0 Å². The number of ether oxygens (including phenoxy) is 2. The maximum absolute atomic E-state index is 5.53. The Morgan fingerprint density at radius 1 is 1.28 bits per heavy atom. The lowest BCUT2D eigenvalue weighted by Crippen LogP contribution is -2.36. The predicted molar refractivity (Wildman–Crippen MR) is 74.7 cm³/mol. The average molecular weight is 310 g/mol. The van der Waals surface area contributed by atoms with E-state index in [2.05, 4.69) is 32.7 Å². The third-order valence-corrected chi connectivity index (χ3v) is 3.13. The van der Waals surface area contributed by atoms with Gasteiger partial charge in [0.05, 0.1) is 19.8 Å². The lowest BCUT2D eigenvalue weighted by molar-refractivity contribution is 0.0443. The van der Waals surface area contributed by atoms with Crippen molar-refractivity contribution in [3.05, 3.63) is 28.7 Å². The smallest absolute Gasteiger partial charge is 0.149 e. The number of hydrogen-bond acceptors (Lipinski definition) is 3. The predicted octanol–water partition coefficient (Wildman–Crippen LogP) is 2.16. The number of rotatable bonds is 3. The second-order valence-corrected chi connectivity index (χ2v) is 4.90. The zero-order valence-corrected chi connectivity index (χ0v) is 11.8. The van der Waals surface area contributed by atoms with Gasteiger partial charge in [0.2, 0.25) is 0 Å². The zero-order chi connectivity index (χ0) is 12.6. The first-order valence-corrected chi connectivity index (χ1v) is 6.78. The molecule has 96 valence electrons. The van der Waals surface area contributed by atoms with Crippen molar-refractivity contribution in [2.45, 2.75) is 0 Å². The lowest BCUT2D eigenvalue weighted by Gasteiger charge is -2.24. The maximum atomic E-state index is 5.53. The van der Waals surface area contributed by atoms with Crippen molar-refractivity contribution in [1.82, 2.24) is 4.90 Å². The van der Waals surface area contributed by atoms with E-state index in [9.17, 15) is 0 Å². The van der Waals surface area contributed by atoms with Crippen LogP contribution in [0.15, 0.2) is 28.7 Å². The van der Waals surface area contributed by atoms with Crippen LogP contribution in [0, 0.1) is 11.8 Å². The molecule has 1 aromatic rings. The van der Waals surface area contributed by atoms with E-state index >= 15 is 0 Å². The summed E-state index contributed by atoms with van der Waals surface area (Å²) in [5.41, 5.74) is 0. The van der Waals surface area contributed by atoms with Crippen LogP contribution in [0.4, 0.5) is 0 Å². The molecular weight excluding hydrogens is 294 g/mol. The molecule has 1 aromatic carbocycles. The molecule has 0 radical (unpaired) electrons. The highest BCUT2D eigenvalue weighted by Gasteiger charge is 2.07. The average Bonchev–Trinajstić information content (AvgIpc) is 2.40. The minimum absolute atomic E-state index is 0.431. The molecule has 2 rings (SSSR count). The molecule has 1 aliphatic rings. The molecule has 0 saturated carbocycles. The summed E-state index contributed by atoms with van der Waals surface area (Å²) in [7, 11) is 0. The monoisotopic (exact) mass is 309 g/mol. The standard InChI is InChI=1S/C14H16BrNO2/c15-13-4-3-5-14(12-13)18-9-2-1-6-16-7-10-17-11-8-16/h3-5,12H,6-11H2. The highest BCUT2D eigenvalue weighted by atomic mass is 79.9. The van der Waals surface area contributed by atoms with E-state index in [-0.39, 0.29) is 0 Å². The van der Waals surface area contributed by atoms with E-state index in [1.54, 1.807) is 0 Å². The first-order chi connectivity index (χ1) is 8.84. The quantitative estimate of drug-likeness (QED) is 0.799. The Morgan fingerprint density at radius 2 is 2.11 bits per heavy atom. The van der Waals surface area contributed by atoms with E-state index in [1.165, 1.54) is 0 Å². The van der Waals surface area contributed by atoms with Crippen LogP contribution in [0.5, 0.6) is 5.75 Å². The Balaban J connectivity index is 1.68. The maximum Gasteiger partial charge on any atom is 0.149 e. The molecule has 0 bridgehead atoms. The minimum Gasteiger partial charge on any atom is -0.481 e. The van der Waals surface area contributed by atoms with Crippen molar-refractivity contribution in [2.24, 2.45) is 0 Å². The van der Waals surface area contributed by atoms with E-state index in [4.69, 9.17) is 9.47 Å². The third-order valence-electron chi connectivity index (χ3n) is 2.64. The third kappa shape index (κ3) is 4.69. The SMILES string of the molecule is Brc1cccc(OCC#CCN2CCOCC2)c1. The number of nitrogens with zero attached hydrogens (tertiary/aromatic N) is 1. The van der Waals surface area contributed by atoms with Crippen LogP contribution in [0.1, 0.15) is 0 Å². The summed E-state index contributed by atoms with van der Waals surface area (Å²) < 4.78 is 11.8. The van der Waals surface area contributed by atoms with Gasteiger partial charge in [-0.1, -0.05) is 33.8 Å². The van der Waals surface area contributed by atoms with Crippen LogP contribution in [-0.4, -0.2) is 44.4 Å². The first kappa shape index (κ1) is 13.4. The molecule has 0 amide bonds. The molecule has 0 spiro atoms. The Labute approximate surface area is 116 Å². The lowest BCUT2D eigenvalue weighted by atomic mass is 10.3. The van der Waals surface area contributed by atoms with E-state index in [0.29, 0.717) is 6.61 Å². The largest absolute Gasteiger partial charge is 0.481 e. The molecule has 0 N–H and O–H groups in total. The van der Waals surface area contributed by atoms with Crippen LogP contribution in [0.3, 0.4) is 0 Å². The fourth-order valence-corrected chi connectivity index (χ4v) is 2.03. The Morgan fingerprint density at radius 3 is 2.89 bits per heavy atom. The molecule has 4 heteroatoms. The molecule has 0 unspecified atom stereocenters. The molecule has 1 saturated heterocycles. The van der Waals surface area contributed by atoms with Gasteiger partial charge in [-0.2, -0.15) is 0 Å². The van der Waals surface area contributed by atoms with E-state index in [1.807, 2.05) is 24.3 Å². The van der Waals surface area contributed by atoms with Crippen molar-refractivity contribution in [3.8, 4) is 17.6 Å². The van der Waals surface area contributed by atoms with Crippen LogP contribution < -0.4 is 4.74 Å². The number of morpholine rings is 1. The summed E-state index contributed by atoms with van der Waals surface area (Å²) in [6.07, 6.45) is 0. The summed E-state index contributed by atoms with van der Waals surface area (Å²) in [6, 6.07) is 7.77. The second-order valence-electron chi connectivity index (χ2n) is 3.99. The molecule has 0 aliphatic carbocycles. The van der Waals surface area contributed by atoms with Gasteiger partial charge in [-0.15, -0.1) is 0 Å². The van der Waals surface area contributed by atoms with Crippen LogP contribution in [0.2, 0.25) is 0 Å². The Hall–Kier alpha value is -1.02. The summed E-state index contributed by atoms with van der Waals surface area (Å²) in [6.45, 7) is 4.81. The number of halogens is 1. The Kier molecular flexibility index (Phi) is 5.53. The number of benzene rings is 1. The molecule has 0 aromatic heterocycles. The van der Waals surface area contributed by atoms with Gasteiger partial charge in [0.1, 0.15) is 12.4 Å². The van der Waals surface area contributed by atoms with Gasteiger partial charge in [0, 0.05) is 17.6 Å². The molecule has 1 fully saturated rings. The van der Waals surface area contributed by atoms with Crippen molar-refractivity contribution in [3.63, 3.8) is 0 Å². The molecule has 1 aliphatic heterocycles. The summed E-state index contributed by atoms with van der Waals surface area (Å²) in [4.78, 5) is 2.29. The minimum atomic E-state index is 0.431. The van der Waals surface area contributed by atoms with E-state index in [0.717, 1.165) is 43.1 Å². The van der Waals surface area contributed by atoms with Crippen molar-refractivity contribution < 1.29 is 9.47 Å². The topological polar surface area (TPSA) is 21.7 Å². The summed E-state index contributed by atoms with van der Waals surface area (Å²) >= 11 is 3.40. The molecule has 3 nitrogen and oxygen atoms in total. The van der Waals surface area contributed by atoms with Crippen molar-refractivity contribution in [1.29, 1.82) is 0 Å². The van der Waals surface area contributed by atoms with Crippen LogP contribution in [-0.2, 0) is 4.74 Å². The van der Waals surface area contributed by atoms with E-state index < -0.39 is 0 Å². The molecule has 0 atom stereocenters. The van der Waals surface area contributed by atoms with Gasteiger partial charge < -0.3 is 9.47 Å². The summed E-state index contributed by atoms with van der Waals surface area (Å²) in [5.74, 6) is 6.99. The first-order valence-electron chi connectivity index (χ1n) is 5.99. The van der Waals surface area contributed by atoms with Crippen molar-refractivity contribution >= 4 is 15.9 Å². The van der Waals surface area contributed by atoms with Crippen molar-refractivity contribution in [2.75, 3.05) is 39.5 Å². The summed E-state index contributed by atoms with van der Waals surface area (Å²) in [5, 5.41) is 0. The van der Waals surface area contributed by atoms with Gasteiger partial charge in [0.25, 0.3) is 0 Å². The zero-order valence-electron chi connectivity index (χ0n) is 10.2. The molecule has 1 heterocycles. The van der Waals surface area contributed by atoms with Gasteiger partial charge in [0.15, 0.2) is 0 Å². The fraction of sp³-hybridized carbons (Fsp3) is 0.429. The Bertz CT molecular complexity index is 433. The van der Waals surface area contributed by atoms with Gasteiger partial charge in [-0.05, 0) is 18.2 Å². The highest BCUT2D eigenvalue weighted by Crippen LogP contribution is 2.17. The normalized spacial score (nSPS) is 15.8. The van der Waals surface area contributed by atoms with Gasteiger partial charge in [-0.25, -0.2) is 0 Å². The van der Waals surface area contributed by atoms with Gasteiger partial charge >= 0.3 is 0 Å². The second kappa shape index (κ2) is 7.42. The molecule has 18 heavy (non-hydrogen) atoms. The fourth-order valence-electron chi connectivity index (χ4n) is 1.65.